The fourth-order valence-electron chi connectivity index (χ4n) is 2.77. The zero-order chi connectivity index (χ0) is 15.3. The number of rotatable bonds is 10. The zero-order valence-corrected chi connectivity index (χ0v) is 13.5. The number of hydrogen-bond acceptors (Lipinski definition) is 2. The summed E-state index contributed by atoms with van der Waals surface area (Å²) in [6.07, 6.45) is 15.9. The molecule has 0 radical (unpaired) electrons. The predicted molar refractivity (Wildman–Crippen MR) is 87.1 cm³/mol. The normalized spacial score (nSPS) is 19.5. The summed E-state index contributed by atoms with van der Waals surface area (Å²) < 4.78 is 0. The molecule has 1 amide bonds. The number of amides is 1. The van der Waals surface area contributed by atoms with Crippen LogP contribution in [0.25, 0.3) is 0 Å². The summed E-state index contributed by atoms with van der Waals surface area (Å²) in [5, 5.41) is 2.82. The first-order valence-corrected chi connectivity index (χ1v) is 8.71. The highest BCUT2D eigenvalue weighted by Gasteiger charge is 2.21. The van der Waals surface area contributed by atoms with E-state index in [1.54, 1.807) is 6.08 Å². The molecule has 1 aliphatic heterocycles. The van der Waals surface area contributed by atoms with Gasteiger partial charge in [-0.15, -0.1) is 0 Å². The Morgan fingerprint density at radius 3 is 2.67 bits per heavy atom. The molecule has 1 heterocycles. The molecule has 0 aromatic heterocycles. The lowest BCUT2D eigenvalue weighted by molar-refractivity contribution is -0.126. The van der Waals surface area contributed by atoms with Crippen molar-refractivity contribution in [3.05, 3.63) is 12.2 Å². The molecule has 1 rings (SSSR count). The highest BCUT2D eigenvalue weighted by molar-refractivity contribution is 5.94. The second kappa shape index (κ2) is 11.5. The molecule has 3 heteroatoms. The minimum atomic E-state index is -0.0993. The van der Waals surface area contributed by atoms with Crippen molar-refractivity contribution in [2.45, 2.75) is 77.6 Å². The van der Waals surface area contributed by atoms with Crippen molar-refractivity contribution < 1.29 is 9.59 Å². The molecule has 0 bridgehead atoms. The lowest BCUT2D eigenvalue weighted by Gasteiger charge is -2.07. The maximum atomic E-state index is 12.0. The Hall–Kier alpha value is -1.12. The van der Waals surface area contributed by atoms with Gasteiger partial charge in [0.05, 0.1) is 0 Å². The van der Waals surface area contributed by atoms with Gasteiger partial charge in [-0.25, -0.2) is 0 Å². The quantitative estimate of drug-likeness (QED) is 0.485. The molecular weight excluding hydrogens is 262 g/mol. The number of hydrogen-bond donors (Lipinski definition) is 1. The van der Waals surface area contributed by atoms with Crippen LogP contribution in [0.4, 0.5) is 0 Å². The van der Waals surface area contributed by atoms with Crippen LogP contribution >= 0.6 is 0 Å². The Morgan fingerprint density at radius 1 is 1.19 bits per heavy atom. The summed E-state index contributed by atoms with van der Waals surface area (Å²) in [5.41, 5.74) is 0. The fourth-order valence-corrected chi connectivity index (χ4v) is 2.77. The van der Waals surface area contributed by atoms with Crippen LogP contribution in [0.15, 0.2) is 12.2 Å². The number of unbranched alkanes of at least 4 members (excludes halogenated alkanes) is 7. The molecule has 120 valence electrons. The van der Waals surface area contributed by atoms with Crippen LogP contribution in [0.3, 0.4) is 0 Å². The highest BCUT2D eigenvalue weighted by atomic mass is 16.2. The molecule has 21 heavy (non-hydrogen) atoms. The average molecular weight is 293 g/mol. The SMILES string of the molecule is CCCCCCCCCC=CC(=O)[C@H]1CCCNC(=O)C1. The first kappa shape index (κ1) is 17.9. The summed E-state index contributed by atoms with van der Waals surface area (Å²) in [6, 6.07) is 0. The van der Waals surface area contributed by atoms with Crippen LogP contribution in [0.5, 0.6) is 0 Å². The van der Waals surface area contributed by atoms with Gasteiger partial charge in [-0.05, 0) is 31.8 Å². The zero-order valence-electron chi connectivity index (χ0n) is 13.5. The van der Waals surface area contributed by atoms with Crippen molar-refractivity contribution in [3.8, 4) is 0 Å². The molecule has 0 spiro atoms. The van der Waals surface area contributed by atoms with Gasteiger partial charge in [0, 0.05) is 18.9 Å². The largest absolute Gasteiger partial charge is 0.356 e. The van der Waals surface area contributed by atoms with Crippen LogP contribution in [0, 0.1) is 5.92 Å². The molecule has 0 aromatic carbocycles. The molecule has 0 aromatic rings. The molecule has 1 saturated heterocycles. The second-order valence-corrected chi connectivity index (χ2v) is 6.11. The van der Waals surface area contributed by atoms with Crippen molar-refractivity contribution in [3.63, 3.8) is 0 Å². The van der Waals surface area contributed by atoms with E-state index in [0.717, 1.165) is 19.3 Å². The summed E-state index contributed by atoms with van der Waals surface area (Å²) in [7, 11) is 0. The van der Waals surface area contributed by atoms with Crippen LogP contribution in [0.1, 0.15) is 77.6 Å². The van der Waals surface area contributed by atoms with Gasteiger partial charge in [-0.3, -0.25) is 9.59 Å². The standard InChI is InChI=1S/C18H31NO2/c1-2-3-4-5-6-7-8-9-10-13-17(20)16-12-11-14-19-18(21)15-16/h10,13,16H,2-9,11-12,14-15H2,1H3,(H,19,21)/t16-/m0/s1. The molecule has 0 aliphatic carbocycles. The molecule has 0 saturated carbocycles. The Balaban J connectivity index is 2.09. The lowest BCUT2D eigenvalue weighted by Crippen LogP contribution is -2.24. The third-order valence-electron chi connectivity index (χ3n) is 4.14. The van der Waals surface area contributed by atoms with Crippen molar-refractivity contribution in [1.29, 1.82) is 0 Å². The van der Waals surface area contributed by atoms with Crippen molar-refractivity contribution >= 4 is 11.7 Å². The number of carbonyl (C=O) groups is 2. The fraction of sp³-hybridized carbons (Fsp3) is 0.778. The van der Waals surface area contributed by atoms with Gasteiger partial charge in [0.25, 0.3) is 0 Å². The van der Waals surface area contributed by atoms with Gasteiger partial charge in [-0.1, -0.05) is 51.5 Å². The van der Waals surface area contributed by atoms with E-state index in [-0.39, 0.29) is 17.6 Å². The maximum Gasteiger partial charge on any atom is 0.220 e. The van der Waals surface area contributed by atoms with Gasteiger partial charge in [0.1, 0.15) is 0 Å². The smallest absolute Gasteiger partial charge is 0.220 e. The van der Waals surface area contributed by atoms with Gasteiger partial charge in [0.2, 0.25) is 5.91 Å². The van der Waals surface area contributed by atoms with E-state index in [4.69, 9.17) is 0 Å². The predicted octanol–water partition coefficient (Wildman–Crippen LogP) is 4.17. The van der Waals surface area contributed by atoms with Crippen LogP contribution < -0.4 is 5.32 Å². The van der Waals surface area contributed by atoms with Crippen LogP contribution in [0.2, 0.25) is 0 Å². The highest BCUT2D eigenvalue weighted by Crippen LogP contribution is 2.16. The van der Waals surface area contributed by atoms with E-state index >= 15 is 0 Å². The molecule has 1 atom stereocenters. The molecule has 1 fully saturated rings. The summed E-state index contributed by atoms with van der Waals surface area (Å²) >= 11 is 0. The first-order valence-electron chi connectivity index (χ1n) is 8.71. The average Bonchev–Trinajstić information content (AvgIpc) is 2.70. The molecule has 1 aliphatic rings. The summed E-state index contributed by atoms with van der Waals surface area (Å²) in [5.74, 6) is 0.0547. The minimum Gasteiger partial charge on any atom is -0.356 e. The van der Waals surface area contributed by atoms with E-state index < -0.39 is 0 Å². The van der Waals surface area contributed by atoms with Crippen molar-refractivity contribution in [1.82, 2.24) is 5.32 Å². The summed E-state index contributed by atoms with van der Waals surface area (Å²) in [6.45, 7) is 2.95. The Bertz CT molecular complexity index is 336. The van der Waals surface area contributed by atoms with Crippen LogP contribution in [-0.2, 0) is 9.59 Å². The molecular formula is C18H31NO2. The van der Waals surface area contributed by atoms with E-state index in [9.17, 15) is 9.59 Å². The third-order valence-corrected chi connectivity index (χ3v) is 4.14. The molecule has 1 N–H and O–H groups in total. The third kappa shape index (κ3) is 8.69. The van der Waals surface area contributed by atoms with Crippen molar-refractivity contribution in [2.75, 3.05) is 6.54 Å². The monoisotopic (exact) mass is 293 g/mol. The van der Waals surface area contributed by atoms with E-state index in [0.29, 0.717) is 13.0 Å². The lowest BCUT2D eigenvalue weighted by atomic mass is 9.95. The van der Waals surface area contributed by atoms with Gasteiger partial charge < -0.3 is 5.32 Å². The summed E-state index contributed by atoms with van der Waals surface area (Å²) in [4.78, 5) is 23.5. The van der Waals surface area contributed by atoms with Gasteiger partial charge in [-0.2, -0.15) is 0 Å². The van der Waals surface area contributed by atoms with E-state index in [2.05, 4.69) is 12.2 Å². The topological polar surface area (TPSA) is 46.2 Å². The van der Waals surface area contributed by atoms with Gasteiger partial charge >= 0.3 is 0 Å². The molecule has 3 nitrogen and oxygen atoms in total. The molecule has 0 unspecified atom stereocenters. The van der Waals surface area contributed by atoms with E-state index in [1.807, 2.05) is 6.08 Å². The first-order chi connectivity index (χ1) is 10.2. The Kier molecular flexibility index (Phi) is 9.84. The Labute approximate surface area is 129 Å². The number of allylic oxidation sites excluding steroid dienone is 2. The maximum absolute atomic E-state index is 12.0. The number of carbonyl (C=O) groups excluding carboxylic acids is 2. The number of ketones is 1. The van der Waals surface area contributed by atoms with Crippen molar-refractivity contribution in [2.24, 2.45) is 5.92 Å². The minimum absolute atomic E-state index is 0.0197. The second-order valence-electron chi connectivity index (χ2n) is 6.11. The van der Waals surface area contributed by atoms with Crippen LogP contribution in [-0.4, -0.2) is 18.2 Å². The van der Waals surface area contributed by atoms with E-state index in [1.165, 1.54) is 44.9 Å². The van der Waals surface area contributed by atoms with Gasteiger partial charge in [0.15, 0.2) is 5.78 Å². The Morgan fingerprint density at radius 2 is 1.90 bits per heavy atom. The number of nitrogens with one attached hydrogen (secondary N) is 1.